The maximum Gasteiger partial charge on any atom is 0.408 e. The van der Waals surface area contributed by atoms with Crippen LogP contribution in [0.15, 0.2) is 30.3 Å². The highest BCUT2D eigenvalue weighted by Crippen LogP contribution is 2.24. The number of alkyl carbamates (subject to hydrolysis) is 1. The van der Waals surface area contributed by atoms with Crippen molar-refractivity contribution in [2.45, 2.75) is 49.6 Å². The Labute approximate surface area is 176 Å². The molecule has 1 aromatic carbocycles. The molecule has 30 heavy (non-hydrogen) atoms. The molecule has 2 amide bonds. The topological polar surface area (TPSA) is 156 Å². The molecule has 0 saturated heterocycles. The molecule has 0 aromatic heterocycles. The van der Waals surface area contributed by atoms with E-state index < -0.39 is 49.3 Å². The lowest BCUT2D eigenvalue weighted by Gasteiger charge is -2.21. The van der Waals surface area contributed by atoms with Crippen molar-refractivity contribution in [2.24, 2.45) is 0 Å². The van der Waals surface area contributed by atoms with Crippen molar-refractivity contribution < 1.29 is 35.7 Å². The fourth-order valence-corrected chi connectivity index (χ4v) is 4.72. The van der Waals surface area contributed by atoms with E-state index in [1.165, 1.54) is 0 Å². The first-order valence-electron chi connectivity index (χ1n) is 9.35. The molecule has 2 unspecified atom stereocenters. The van der Waals surface area contributed by atoms with Gasteiger partial charge in [-0.3, -0.25) is 9.35 Å². The van der Waals surface area contributed by atoms with Crippen LogP contribution < -0.4 is 10.6 Å². The molecule has 0 spiro atoms. The van der Waals surface area contributed by atoms with Crippen LogP contribution in [0, 0.1) is 0 Å². The second kappa shape index (κ2) is 10.2. The van der Waals surface area contributed by atoms with Crippen LogP contribution in [-0.4, -0.2) is 62.7 Å². The van der Waals surface area contributed by atoms with Gasteiger partial charge in [-0.2, -0.15) is 8.42 Å². The quantitative estimate of drug-likeness (QED) is 0.452. The second-order valence-corrected chi connectivity index (χ2v) is 11.3. The number of amides is 2. The monoisotopic (exact) mass is 462 g/mol. The van der Waals surface area contributed by atoms with E-state index in [2.05, 4.69) is 10.6 Å². The minimum Gasteiger partial charge on any atom is -0.445 e. The molecule has 1 aliphatic rings. The molecule has 12 heteroatoms. The molecule has 168 valence electrons. The van der Waals surface area contributed by atoms with E-state index in [1.807, 2.05) is 6.07 Å². The predicted molar refractivity (Wildman–Crippen MR) is 109 cm³/mol. The average Bonchev–Trinajstić information content (AvgIpc) is 3.12. The Hall–Kier alpha value is -2.18. The van der Waals surface area contributed by atoms with Crippen molar-refractivity contribution in [3.8, 4) is 0 Å². The number of benzene rings is 1. The third kappa shape index (κ3) is 8.28. The van der Waals surface area contributed by atoms with Crippen molar-refractivity contribution >= 4 is 32.0 Å². The molecule has 1 saturated carbocycles. The lowest BCUT2D eigenvalue weighted by molar-refractivity contribution is -0.123. The van der Waals surface area contributed by atoms with E-state index in [1.54, 1.807) is 24.3 Å². The third-order valence-electron chi connectivity index (χ3n) is 4.75. The van der Waals surface area contributed by atoms with Crippen LogP contribution in [0.25, 0.3) is 0 Å². The summed E-state index contributed by atoms with van der Waals surface area (Å²) in [4.78, 5) is 24.7. The summed E-state index contributed by atoms with van der Waals surface area (Å²) in [6.07, 6.45) is 0.553. The summed E-state index contributed by atoms with van der Waals surface area (Å²) < 4.78 is 59.7. The highest BCUT2D eigenvalue weighted by atomic mass is 32.2. The molecule has 1 aliphatic carbocycles. The maximum absolute atomic E-state index is 12.6. The highest BCUT2D eigenvalue weighted by molar-refractivity contribution is 7.90. The number of rotatable bonds is 9. The van der Waals surface area contributed by atoms with E-state index >= 15 is 0 Å². The molecule has 0 heterocycles. The van der Waals surface area contributed by atoms with Gasteiger partial charge in [0, 0.05) is 12.3 Å². The van der Waals surface area contributed by atoms with Gasteiger partial charge in [0.05, 0.1) is 11.0 Å². The van der Waals surface area contributed by atoms with Crippen molar-refractivity contribution in [3.63, 3.8) is 0 Å². The van der Waals surface area contributed by atoms with Crippen LogP contribution >= 0.6 is 0 Å². The highest BCUT2D eigenvalue weighted by Gasteiger charge is 2.35. The number of carbonyl (C=O) groups excluding carboxylic acids is 2. The molecule has 3 atom stereocenters. The molecule has 0 bridgehead atoms. The van der Waals surface area contributed by atoms with E-state index in [-0.39, 0.29) is 31.6 Å². The molecule has 10 nitrogen and oxygen atoms in total. The molecular weight excluding hydrogens is 436 g/mol. The predicted octanol–water partition coefficient (Wildman–Crippen LogP) is 0.641. The average molecular weight is 463 g/mol. The molecular formula is C18H26N2O8S2. The number of carbonyl (C=O) groups is 2. The van der Waals surface area contributed by atoms with Gasteiger partial charge in [-0.1, -0.05) is 30.3 Å². The number of hydrogen-bond donors (Lipinski definition) is 3. The van der Waals surface area contributed by atoms with E-state index in [0.29, 0.717) is 6.42 Å². The molecule has 2 rings (SSSR count). The lowest BCUT2D eigenvalue weighted by Crippen LogP contribution is -2.50. The van der Waals surface area contributed by atoms with E-state index in [9.17, 15) is 26.4 Å². The fraction of sp³-hybridized carbons (Fsp3) is 0.556. The number of hydrogen-bond acceptors (Lipinski definition) is 7. The summed E-state index contributed by atoms with van der Waals surface area (Å²) in [5.41, 5.74) is 0.743. The van der Waals surface area contributed by atoms with Gasteiger partial charge in [0.15, 0.2) is 0 Å². The standard InChI is InChI=1S/C18H26N2O8S2/c1-29(23,24)10-9-16(20-18(22)28-12-13-5-3-2-4-6-13)17(21)19-14-7-8-15(11-14)30(25,26)27/h2-6,14-16H,7-12H2,1H3,(H,19,21)(H,20,22)(H,25,26,27)/t14?,15?,16-/m0/s1. The largest absolute Gasteiger partial charge is 0.445 e. The Morgan fingerprint density at radius 1 is 1.17 bits per heavy atom. The van der Waals surface area contributed by atoms with Gasteiger partial charge in [-0.05, 0) is 31.2 Å². The van der Waals surface area contributed by atoms with Crippen LogP contribution in [0.3, 0.4) is 0 Å². The Morgan fingerprint density at radius 2 is 1.83 bits per heavy atom. The van der Waals surface area contributed by atoms with E-state index in [4.69, 9.17) is 9.29 Å². The summed E-state index contributed by atoms with van der Waals surface area (Å²) in [7, 11) is -7.58. The second-order valence-electron chi connectivity index (χ2n) is 7.33. The smallest absolute Gasteiger partial charge is 0.408 e. The van der Waals surface area contributed by atoms with Gasteiger partial charge in [-0.15, -0.1) is 0 Å². The molecule has 1 aromatic rings. The molecule has 3 N–H and O–H groups in total. The zero-order valence-electron chi connectivity index (χ0n) is 16.5. The fourth-order valence-electron chi connectivity index (χ4n) is 3.15. The van der Waals surface area contributed by atoms with Crippen LogP contribution in [0.5, 0.6) is 0 Å². The minimum absolute atomic E-state index is 0.0221. The molecule has 1 fully saturated rings. The van der Waals surface area contributed by atoms with E-state index in [0.717, 1.165) is 11.8 Å². The summed E-state index contributed by atoms with van der Waals surface area (Å²) >= 11 is 0. The van der Waals surface area contributed by atoms with Gasteiger partial charge in [0.25, 0.3) is 10.1 Å². The Bertz CT molecular complexity index is 948. The van der Waals surface area contributed by atoms with Crippen LogP contribution in [0.4, 0.5) is 4.79 Å². The Kier molecular flexibility index (Phi) is 8.21. The normalized spacial score (nSPS) is 20.3. The van der Waals surface area contributed by atoms with Gasteiger partial charge >= 0.3 is 6.09 Å². The first-order valence-corrected chi connectivity index (χ1v) is 12.9. The lowest BCUT2D eigenvalue weighted by atomic mass is 10.2. The van der Waals surface area contributed by atoms with Crippen molar-refractivity contribution in [3.05, 3.63) is 35.9 Å². The first-order chi connectivity index (χ1) is 13.9. The molecule has 0 aliphatic heterocycles. The maximum atomic E-state index is 12.6. The minimum atomic E-state index is -4.19. The van der Waals surface area contributed by atoms with Crippen LogP contribution in [0.1, 0.15) is 31.2 Å². The van der Waals surface area contributed by atoms with Gasteiger partial charge < -0.3 is 15.4 Å². The van der Waals surface area contributed by atoms with Gasteiger partial charge in [-0.25, -0.2) is 13.2 Å². The third-order valence-corrected chi connectivity index (χ3v) is 7.00. The number of ether oxygens (including phenoxy) is 1. The Balaban J connectivity index is 1.95. The number of sulfone groups is 1. The van der Waals surface area contributed by atoms with Crippen molar-refractivity contribution in [1.82, 2.24) is 10.6 Å². The SMILES string of the molecule is CS(=O)(=O)CC[C@H](NC(=O)OCc1ccccc1)C(=O)NC1CCC(S(=O)(=O)O)C1. The first kappa shape index (κ1) is 24.1. The zero-order valence-corrected chi connectivity index (χ0v) is 18.1. The summed E-state index contributed by atoms with van der Waals surface area (Å²) in [6.45, 7) is -0.0221. The summed E-state index contributed by atoms with van der Waals surface area (Å²) in [6, 6.07) is 7.20. The Morgan fingerprint density at radius 3 is 2.40 bits per heavy atom. The summed E-state index contributed by atoms with van der Waals surface area (Å²) in [5.74, 6) is -0.973. The van der Waals surface area contributed by atoms with Crippen LogP contribution in [-0.2, 0) is 36.1 Å². The number of nitrogens with one attached hydrogen (secondary N) is 2. The summed E-state index contributed by atoms with van der Waals surface area (Å²) in [5, 5.41) is 4.03. The molecule has 0 radical (unpaired) electrons. The van der Waals surface area contributed by atoms with Gasteiger partial charge in [0.2, 0.25) is 5.91 Å². The van der Waals surface area contributed by atoms with Gasteiger partial charge in [0.1, 0.15) is 22.5 Å². The zero-order chi connectivity index (χ0) is 22.4. The van der Waals surface area contributed by atoms with Crippen molar-refractivity contribution in [2.75, 3.05) is 12.0 Å². The van der Waals surface area contributed by atoms with Crippen LogP contribution in [0.2, 0.25) is 0 Å². The van der Waals surface area contributed by atoms with Crippen molar-refractivity contribution in [1.29, 1.82) is 0 Å².